The molecule has 8 rings (SSSR count). The molecule has 3 aromatic heterocycles. The maximum Gasteiger partial charge on any atom is 2.00 e. The van der Waals surface area contributed by atoms with Crippen LogP contribution in [0.2, 0.25) is 0 Å². The van der Waals surface area contributed by atoms with Crippen LogP contribution in [0.15, 0.2) is 109 Å². The van der Waals surface area contributed by atoms with Crippen LogP contribution in [-0.2, 0) is 21.1 Å². The molecular weight excluding hydrogens is 807 g/mol. The predicted molar refractivity (Wildman–Crippen MR) is 189 cm³/mol. The molecule has 244 valence electrons. The molecule has 5 aromatic carbocycles. The van der Waals surface area contributed by atoms with Gasteiger partial charge in [0.15, 0.2) is 5.82 Å². The topological polar surface area (TPSA) is 62.1 Å². The maximum absolute atomic E-state index is 14.4. The van der Waals surface area contributed by atoms with Crippen molar-refractivity contribution in [2.45, 2.75) is 20.8 Å². The molecule has 0 N–H and O–H groups in total. The Hall–Kier alpha value is -5.90. The predicted octanol–water partition coefficient (Wildman–Crippen LogP) is 10.1. The van der Waals surface area contributed by atoms with E-state index >= 15 is 0 Å². The first-order chi connectivity index (χ1) is 23.9. The fourth-order valence-corrected chi connectivity index (χ4v) is 6.39. The second-order valence-electron chi connectivity index (χ2n) is 11.8. The van der Waals surface area contributed by atoms with E-state index < -0.39 is 0 Å². The van der Waals surface area contributed by atoms with Gasteiger partial charge in [-0.25, -0.2) is 9.37 Å². The minimum Gasteiger partial charge on any atom is -0.504 e. The van der Waals surface area contributed by atoms with Crippen LogP contribution in [0.5, 0.6) is 11.5 Å². The molecule has 0 saturated heterocycles. The van der Waals surface area contributed by atoms with Crippen molar-refractivity contribution in [2.75, 3.05) is 0 Å². The Morgan fingerprint density at radius 3 is 2.24 bits per heavy atom. The quantitative estimate of drug-likeness (QED) is 0.157. The van der Waals surface area contributed by atoms with Crippen molar-refractivity contribution in [3.8, 4) is 45.8 Å². The fourth-order valence-electron chi connectivity index (χ4n) is 6.39. The molecule has 0 amide bonds. The molecule has 8 aromatic rings. The number of halogens is 1. The molecule has 0 bridgehead atoms. The molecule has 0 aliphatic rings. The van der Waals surface area contributed by atoms with Gasteiger partial charge in [-0.2, -0.15) is 11.2 Å². The van der Waals surface area contributed by atoms with Crippen molar-refractivity contribution >= 4 is 27.5 Å². The van der Waals surface area contributed by atoms with Crippen molar-refractivity contribution in [3.63, 3.8) is 0 Å². The number of nitrogens with zero attached hydrogens (tertiary/aromatic N) is 6. The Kier molecular flexibility index (Phi) is 8.61. The third kappa shape index (κ3) is 5.66. The molecule has 0 radical (unpaired) electrons. The monoisotopic (exact) mass is 833 g/mol. The van der Waals surface area contributed by atoms with Crippen molar-refractivity contribution in [1.29, 1.82) is 0 Å². The van der Waals surface area contributed by atoms with E-state index in [0.717, 1.165) is 44.2 Å². The third-order valence-electron chi connectivity index (χ3n) is 8.62. The Labute approximate surface area is 302 Å². The molecule has 7 nitrogen and oxygen atoms in total. The minimum atomic E-state index is -0.328. The van der Waals surface area contributed by atoms with Gasteiger partial charge < -0.3 is 13.9 Å². The van der Waals surface area contributed by atoms with Crippen LogP contribution in [0, 0.1) is 45.3 Å². The smallest absolute Gasteiger partial charge is 0.504 e. The van der Waals surface area contributed by atoms with Crippen LogP contribution in [0.4, 0.5) is 10.1 Å². The van der Waals surface area contributed by atoms with E-state index in [-0.39, 0.29) is 26.9 Å². The summed E-state index contributed by atoms with van der Waals surface area (Å²) < 4.78 is 24.7. The Bertz CT molecular complexity index is 2580. The van der Waals surface area contributed by atoms with Gasteiger partial charge in [-0.1, -0.05) is 66.2 Å². The largest absolute Gasteiger partial charge is 2.00 e. The maximum atomic E-state index is 14.4. The molecule has 0 unspecified atom stereocenters. The van der Waals surface area contributed by atoms with Crippen LogP contribution in [0.1, 0.15) is 16.7 Å². The number of ether oxygens (including phenoxy) is 1. The van der Waals surface area contributed by atoms with Crippen molar-refractivity contribution in [2.24, 2.45) is 0 Å². The molecule has 0 saturated carbocycles. The summed E-state index contributed by atoms with van der Waals surface area (Å²) in [4.78, 5) is 8.30. The van der Waals surface area contributed by atoms with Gasteiger partial charge >= 0.3 is 21.1 Å². The third-order valence-corrected chi connectivity index (χ3v) is 8.62. The average Bonchev–Trinajstić information content (AvgIpc) is 3.67. The molecule has 3 heterocycles. The number of hydrogen-bond acceptors (Lipinski definition) is 4. The minimum absolute atomic E-state index is 0. The summed E-state index contributed by atoms with van der Waals surface area (Å²) in [7, 11) is 0. The van der Waals surface area contributed by atoms with E-state index in [4.69, 9.17) is 11.3 Å². The molecule has 0 aliphatic carbocycles. The Morgan fingerprint density at radius 2 is 1.48 bits per heavy atom. The zero-order chi connectivity index (χ0) is 33.6. The molecule has 0 fully saturated rings. The summed E-state index contributed by atoms with van der Waals surface area (Å²) in [5.74, 6) is 2.27. The number of aromatic nitrogens is 5. The fraction of sp³-hybridized carbons (Fsp3) is 0.0732. The normalized spacial score (nSPS) is 11.0. The Balaban J connectivity index is 0.00000392. The van der Waals surface area contributed by atoms with E-state index in [1.807, 2.05) is 70.7 Å². The second kappa shape index (κ2) is 13.2. The summed E-state index contributed by atoms with van der Waals surface area (Å²) in [5, 5.41) is 10.9. The van der Waals surface area contributed by atoms with Gasteiger partial charge in [-0.05, 0) is 73.2 Å². The van der Waals surface area contributed by atoms with Gasteiger partial charge in [0.05, 0.1) is 12.4 Å². The first-order valence-electron chi connectivity index (χ1n) is 15.7. The number of hydrogen-bond donors (Lipinski definition) is 0. The zero-order valence-corrected chi connectivity index (χ0v) is 29.5. The summed E-state index contributed by atoms with van der Waals surface area (Å²) in [6, 6.07) is 38.3. The zero-order valence-electron chi connectivity index (χ0n) is 27.2. The van der Waals surface area contributed by atoms with E-state index in [1.54, 1.807) is 30.5 Å². The van der Waals surface area contributed by atoms with E-state index in [9.17, 15) is 4.39 Å². The van der Waals surface area contributed by atoms with Crippen LogP contribution in [0.3, 0.4) is 0 Å². The van der Waals surface area contributed by atoms with E-state index in [1.165, 1.54) is 12.1 Å². The first-order valence-corrected chi connectivity index (χ1v) is 15.7. The molecule has 9 heteroatoms. The Morgan fingerprint density at radius 1 is 0.720 bits per heavy atom. The summed E-state index contributed by atoms with van der Waals surface area (Å²) in [5.41, 5.74) is 7.47. The number of para-hydroxylation sites is 1. The van der Waals surface area contributed by atoms with Gasteiger partial charge in [0.25, 0.3) is 0 Å². The van der Waals surface area contributed by atoms with Gasteiger partial charge in [0.1, 0.15) is 17.3 Å². The number of benzene rings is 5. The number of rotatable bonds is 6. The van der Waals surface area contributed by atoms with Crippen LogP contribution >= 0.6 is 0 Å². The number of fused-ring (bicyclic) bond motifs is 3. The van der Waals surface area contributed by atoms with Crippen molar-refractivity contribution in [1.82, 2.24) is 24.3 Å². The van der Waals surface area contributed by atoms with Crippen LogP contribution in [-0.4, -0.2) is 24.3 Å². The van der Waals surface area contributed by atoms with E-state index in [0.29, 0.717) is 45.7 Å². The molecule has 0 atom stereocenters. The van der Waals surface area contributed by atoms with Crippen LogP contribution < -0.4 is 4.74 Å². The van der Waals surface area contributed by atoms with Gasteiger partial charge in [0.2, 0.25) is 0 Å². The van der Waals surface area contributed by atoms with Crippen molar-refractivity contribution in [3.05, 3.63) is 155 Å². The second-order valence-corrected chi connectivity index (χ2v) is 11.8. The number of aryl methyl sites for hydroxylation is 3. The summed E-state index contributed by atoms with van der Waals surface area (Å²) >= 11 is 0. The molecular formula is C41H27FN6OPt. The molecule has 0 aliphatic heterocycles. The van der Waals surface area contributed by atoms with Gasteiger partial charge in [-0.15, -0.1) is 34.2 Å². The molecule has 50 heavy (non-hydrogen) atoms. The van der Waals surface area contributed by atoms with Crippen LogP contribution in [0.25, 0.3) is 60.9 Å². The van der Waals surface area contributed by atoms with Crippen molar-refractivity contribution < 1.29 is 30.2 Å². The van der Waals surface area contributed by atoms with Gasteiger partial charge in [-0.3, -0.25) is 4.85 Å². The average molecular weight is 834 g/mol. The standard InChI is InChI=1S/C41H27FN6O.Pt/c1-25-10-5-6-13-33(25)41-46-45-40(48(41)39-26(2)11-9-12-27(39)3)28-20-30(43-4)23-32(21-28)49-31-16-17-34-35-22-29(42)15-18-36(35)47(37(34)24-31)38-14-7-8-19-44-38;/h5-20,22-23H,1-3H3;/q-2;+2. The number of pyridine rings is 1. The molecule has 0 spiro atoms. The first kappa shape index (κ1) is 32.6. The summed E-state index contributed by atoms with van der Waals surface area (Å²) in [6.07, 6.45) is 1.71. The van der Waals surface area contributed by atoms with E-state index in [2.05, 4.69) is 58.1 Å². The SMILES string of the molecule is [C-]#[N+]c1cc(Oc2[c-]c3c(cc2)c2cc(F)ccc2n3-c2ccccn2)[c-]c(-c2nnc(-c3ccccc3C)n2-c2c(C)cccc2C)c1.[Pt+2]. The summed E-state index contributed by atoms with van der Waals surface area (Å²) in [6.45, 7) is 14.1. The van der Waals surface area contributed by atoms with Gasteiger partial charge in [0, 0.05) is 34.5 Å².